The molecule has 14 heteroatoms. The van der Waals surface area contributed by atoms with E-state index in [2.05, 4.69) is 12.2 Å². The number of carbonyl (C=O) groups is 1. The Morgan fingerprint density at radius 1 is 0.565 bits per heavy atom. The monoisotopic (exact) mass is 890 g/mol. The average molecular weight is 890 g/mol. The van der Waals surface area contributed by atoms with E-state index < -0.39 is 86.8 Å². The Hall–Kier alpha value is -1.27. The Bertz CT molecular complexity index is 1100. The lowest BCUT2D eigenvalue weighted by Crippen LogP contribution is -2.65. The lowest BCUT2D eigenvalue weighted by atomic mass is 9.97. The number of hydrogen-bond acceptors (Lipinski definition) is 13. The molecule has 9 N–H and O–H groups in total. The molecule has 2 heterocycles. The summed E-state index contributed by atoms with van der Waals surface area (Å²) in [5, 5.41) is 85.8. The van der Waals surface area contributed by atoms with E-state index in [4.69, 9.17) is 18.9 Å². The molecule has 0 saturated carbocycles. The predicted molar refractivity (Wildman–Crippen MR) is 240 cm³/mol. The first-order chi connectivity index (χ1) is 30.1. The number of ether oxygens (including phenoxy) is 4. The van der Waals surface area contributed by atoms with Gasteiger partial charge in [-0.25, -0.2) is 0 Å². The van der Waals surface area contributed by atoms with Crippen molar-refractivity contribution in [3.05, 3.63) is 12.2 Å². The molecule has 366 valence electrons. The van der Waals surface area contributed by atoms with Crippen molar-refractivity contribution < 1.29 is 64.6 Å². The van der Waals surface area contributed by atoms with E-state index in [1.54, 1.807) is 6.08 Å². The highest BCUT2D eigenvalue weighted by atomic mass is 16.7. The summed E-state index contributed by atoms with van der Waals surface area (Å²) >= 11 is 0. The number of aliphatic hydroxyl groups is 8. The summed E-state index contributed by atoms with van der Waals surface area (Å²) in [6, 6.07) is -0.904. The van der Waals surface area contributed by atoms with Crippen LogP contribution >= 0.6 is 0 Å². The Balaban J connectivity index is 1.60. The summed E-state index contributed by atoms with van der Waals surface area (Å²) in [5.41, 5.74) is 0. The van der Waals surface area contributed by atoms with E-state index in [-0.39, 0.29) is 18.9 Å². The number of nitrogens with one attached hydrogen (secondary N) is 1. The van der Waals surface area contributed by atoms with E-state index in [0.717, 1.165) is 32.1 Å². The van der Waals surface area contributed by atoms with Crippen LogP contribution < -0.4 is 5.32 Å². The molecule has 14 nitrogen and oxygen atoms in total. The van der Waals surface area contributed by atoms with Crippen molar-refractivity contribution in [2.75, 3.05) is 19.8 Å². The van der Waals surface area contributed by atoms with E-state index in [1.165, 1.54) is 135 Å². The van der Waals surface area contributed by atoms with Gasteiger partial charge in [0.25, 0.3) is 0 Å². The van der Waals surface area contributed by atoms with Crippen LogP contribution in [0.25, 0.3) is 0 Å². The standard InChI is InChI=1S/C48H91NO13/c1-3-5-7-8-9-10-11-12-13-14-15-16-17-18-19-20-21-22-23-24-25-26-27-28-30-32-40(53)49-36(37(52)31-29-6-4-2)35-59-47-45(58)43(56)46(39(34-51)61-47)62-48-44(57)42(55)41(54)38(33-50)60-48/h29,31,36-39,41-48,50-52,54-58H,3-28,30,32-35H2,1-2H3,(H,49,53)/b31-29+. The van der Waals surface area contributed by atoms with Crippen molar-refractivity contribution in [2.24, 2.45) is 0 Å². The van der Waals surface area contributed by atoms with Crippen molar-refractivity contribution in [3.8, 4) is 0 Å². The van der Waals surface area contributed by atoms with Gasteiger partial charge in [0, 0.05) is 6.42 Å². The van der Waals surface area contributed by atoms with E-state index in [1.807, 2.05) is 13.0 Å². The molecule has 2 aliphatic heterocycles. The van der Waals surface area contributed by atoms with Gasteiger partial charge in [-0.1, -0.05) is 187 Å². The third-order valence-corrected chi connectivity index (χ3v) is 12.5. The molecule has 12 atom stereocenters. The smallest absolute Gasteiger partial charge is 0.220 e. The van der Waals surface area contributed by atoms with Crippen LogP contribution in [0.1, 0.15) is 194 Å². The van der Waals surface area contributed by atoms with Crippen LogP contribution in [0, 0.1) is 0 Å². The fourth-order valence-electron chi connectivity index (χ4n) is 8.36. The van der Waals surface area contributed by atoms with Gasteiger partial charge in [0.15, 0.2) is 12.6 Å². The van der Waals surface area contributed by atoms with Crippen LogP contribution in [-0.4, -0.2) is 140 Å². The van der Waals surface area contributed by atoms with Crippen LogP contribution in [-0.2, 0) is 23.7 Å². The van der Waals surface area contributed by atoms with Crippen molar-refractivity contribution in [2.45, 2.75) is 267 Å². The van der Waals surface area contributed by atoms with Crippen LogP contribution in [0.15, 0.2) is 12.2 Å². The minimum atomic E-state index is -1.78. The van der Waals surface area contributed by atoms with Crippen molar-refractivity contribution in [1.82, 2.24) is 5.32 Å². The molecular weight excluding hydrogens is 799 g/mol. The zero-order valence-corrected chi connectivity index (χ0v) is 38.6. The van der Waals surface area contributed by atoms with E-state index >= 15 is 0 Å². The third-order valence-electron chi connectivity index (χ3n) is 12.5. The second-order valence-electron chi connectivity index (χ2n) is 18.0. The molecule has 2 fully saturated rings. The van der Waals surface area contributed by atoms with Gasteiger partial charge in [0.1, 0.15) is 48.8 Å². The number of aliphatic hydroxyl groups excluding tert-OH is 8. The van der Waals surface area contributed by atoms with E-state index in [0.29, 0.717) is 6.42 Å². The predicted octanol–water partition coefficient (Wildman–Crippen LogP) is 5.99. The summed E-state index contributed by atoms with van der Waals surface area (Å²) in [4.78, 5) is 13.0. The Labute approximate surface area is 374 Å². The maximum atomic E-state index is 13.0. The summed E-state index contributed by atoms with van der Waals surface area (Å²) in [7, 11) is 0. The molecule has 0 aromatic carbocycles. The fourth-order valence-corrected chi connectivity index (χ4v) is 8.36. The zero-order chi connectivity index (χ0) is 45.4. The van der Waals surface area contributed by atoms with Crippen molar-refractivity contribution >= 4 is 5.91 Å². The second kappa shape index (κ2) is 35.9. The van der Waals surface area contributed by atoms with Crippen molar-refractivity contribution in [3.63, 3.8) is 0 Å². The second-order valence-corrected chi connectivity index (χ2v) is 18.0. The lowest BCUT2D eigenvalue weighted by molar-refractivity contribution is -0.359. The molecule has 1 amide bonds. The van der Waals surface area contributed by atoms with Gasteiger partial charge >= 0.3 is 0 Å². The van der Waals surface area contributed by atoms with Crippen LogP contribution in [0.3, 0.4) is 0 Å². The SMILES string of the molecule is CCC/C=C/C(O)C(COC1OC(CO)C(OC2OC(CO)C(O)C(O)C2O)C(O)C1O)NC(=O)CCCCCCCCCCCCCCCCCCCCCCCCCCC. The maximum absolute atomic E-state index is 13.0. The summed E-state index contributed by atoms with van der Waals surface area (Å²) in [5.74, 6) is -0.248. The number of rotatable bonds is 38. The maximum Gasteiger partial charge on any atom is 0.220 e. The molecule has 2 saturated heterocycles. The van der Waals surface area contributed by atoms with Gasteiger partial charge in [-0.2, -0.15) is 0 Å². The van der Waals surface area contributed by atoms with Crippen LogP contribution in [0.5, 0.6) is 0 Å². The molecule has 0 aromatic heterocycles. The van der Waals surface area contributed by atoms with Crippen LogP contribution in [0.4, 0.5) is 0 Å². The highest BCUT2D eigenvalue weighted by Crippen LogP contribution is 2.30. The Morgan fingerprint density at radius 3 is 1.45 bits per heavy atom. The van der Waals surface area contributed by atoms with E-state index in [9.17, 15) is 45.6 Å². The molecule has 0 radical (unpaired) electrons. The number of carbonyl (C=O) groups excluding carboxylic acids is 1. The van der Waals surface area contributed by atoms with Gasteiger partial charge in [-0.15, -0.1) is 0 Å². The Kier molecular flexibility index (Phi) is 32.9. The molecule has 2 aliphatic rings. The van der Waals surface area contributed by atoms with Gasteiger partial charge in [0.05, 0.1) is 32.0 Å². The minimum absolute atomic E-state index is 0.248. The van der Waals surface area contributed by atoms with Crippen molar-refractivity contribution in [1.29, 1.82) is 0 Å². The number of unbranched alkanes of at least 4 members (excludes halogenated alkanes) is 25. The van der Waals surface area contributed by atoms with Gasteiger partial charge in [-0.3, -0.25) is 4.79 Å². The molecule has 0 aliphatic carbocycles. The molecule has 0 spiro atoms. The van der Waals surface area contributed by atoms with Gasteiger partial charge < -0.3 is 65.1 Å². The first kappa shape index (κ1) is 56.9. The minimum Gasteiger partial charge on any atom is -0.394 e. The number of amides is 1. The third kappa shape index (κ3) is 23.3. The summed E-state index contributed by atoms with van der Waals surface area (Å²) in [6.07, 6.45) is 21.0. The molecule has 0 aromatic rings. The molecule has 0 bridgehead atoms. The highest BCUT2D eigenvalue weighted by Gasteiger charge is 2.51. The summed E-state index contributed by atoms with van der Waals surface area (Å²) < 4.78 is 22.5. The number of hydrogen-bond donors (Lipinski definition) is 9. The summed E-state index contributed by atoms with van der Waals surface area (Å²) in [6.45, 7) is 2.57. The first-order valence-electron chi connectivity index (χ1n) is 24.9. The quantitative estimate of drug-likeness (QED) is 0.0257. The van der Waals surface area contributed by atoms with Crippen LogP contribution in [0.2, 0.25) is 0 Å². The zero-order valence-electron chi connectivity index (χ0n) is 38.6. The number of allylic oxidation sites excluding steroid dienone is 1. The highest BCUT2D eigenvalue weighted by molar-refractivity contribution is 5.76. The van der Waals surface area contributed by atoms with Gasteiger partial charge in [0.2, 0.25) is 5.91 Å². The largest absolute Gasteiger partial charge is 0.394 e. The first-order valence-corrected chi connectivity index (χ1v) is 24.9. The lowest BCUT2D eigenvalue weighted by Gasteiger charge is -2.46. The normalized spacial score (nSPS) is 27.8. The average Bonchev–Trinajstić information content (AvgIpc) is 3.27. The Morgan fingerprint density at radius 2 is 1.00 bits per heavy atom. The topological polar surface area (TPSA) is 228 Å². The molecule has 62 heavy (non-hydrogen) atoms. The molecular formula is C48H91NO13. The fraction of sp³-hybridized carbons (Fsp3) is 0.938. The molecule has 2 rings (SSSR count). The van der Waals surface area contributed by atoms with Gasteiger partial charge in [-0.05, 0) is 12.8 Å². The molecule has 12 unspecified atom stereocenters.